The van der Waals surface area contributed by atoms with E-state index in [1.807, 2.05) is 4.90 Å². The minimum atomic E-state index is -0.897. The maximum atomic E-state index is 12.3. The molecule has 1 saturated heterocycles. The van der Waals surface area contributed by atoms with Crippen LogP contribution in [0.15, 0.2) is 0 Å². The van der Waals surface area contributed by atoms with Gasteiger partial charge in [0.2, 0.25) is 5.91 Å². The van der Waals surface area contributed by atoms with Crippen LogP contribution < -0.4 is 0 Å². The van der Waals surface area contributed by atoms with Crippen LogP contribution in [0.5, 0.6) is 0 Å². The van der Waals surface area contributed by atoms with Gasteiger partial charge >= 0.3 is 5.97 Å². The van der Waals surface area contributed by atoms with Crippen LogP contribution in [0.4, 0.5) is 0 Å². The van der Waals surface area contributed by atoms with Crippen molar-refractivity contribution in [3.05, 3.63) is 0 Å². The summed E-state index contributed by atoms with van der Waals surface area (Å²) in [6, 6.07) is 0.283. The first kappa shape index (κ1) is 14.0. The summed E-state index contributed by atoms with van der Waals surface area (Å²) in [5, 5.41) is 8.95. The van der Waals surface area contributed by atoms with Crippen LogP contribution in [0.1, 0.15) is 40.5 Å². The van der Waals surface area contributed by atoms with Gasteiger partial charge in [-0.2, -0.15) is 0 Å². The van der Waals surface area contributed by atoms with Gasteiger partial charge in [0, 0.05) is 18.5 Å². The zero-order valence-corrected chi connectivity index (χ0v) is 11.1. The fourth-order valence-electron chi connectivity index (χ4n) is 2.45. The molecule has 98 valence electrons. The molecule has 3 atom stereocenters. The molecular weight excluding hydrogens is 218 g/mol. The number of carboxylic acid groups (broad SMARTS) is 1. The molecule has 0 aromatic heterocycles. The van der Waals surface area contributed by atoms with Gasteiger partial charge in [-0.25, -0.2) is 0 Å². The van der Waals surface area contributed by atoms with Crippen molar-refractivity contribution < 1.29 is 14.7 Å². The Morgan fingerprint density at radius 2 is 1.76 bits per heavy atom. The van der Waals surface area contributed by atoms with Crippen molar-refractivity contribution in [2.75, 3.05) is 6.54 Å². The summed E-state index contributed by atoms with van der Waals surface area (Å²) in [4.78, 5) is 25.1. The van der Waals surface area contributed by atoms with Gasteiger partial charge in [0.05, 0.1) is 5.92 Å². The van der Waals surface area contributed by atoms with Crippen LogP contribution in [0.3, 0.4) is 0 Å². The van der Waals surface area contributed by atoms with Gasteiger partial charge in [0.15, 0.2) is 0 Å². The molecule has 4 heteroatoms. The Morgan fingerprint density at radius 3 is 2.24 bits per heavy atom. The highest BCUT2D eigenvalue weighted by atomic mass is 16.4. The largest absolute Gasteiger partial charge is 0.481 e. The normalized spacial score (nSPS) is 23.8. The molecule has 1 N–H and O–H groups in total. The number of aliphatic carboxylic acids is 1. The molecule has 0 aromatic carbocycles. The first-order chi connectivity index (χ1) is 7.86. The van der Waals surface area contributed by atoms with Crippen LogP contribution in [0.2, 0.25) is 0 Å². The van der Waals surface area contributed by atoms with Crippen molar-refractivity contribution in [3.63, 3.8) is 0 Å². The quantitative estimate of drug-likeness (QED) is 0.819. The van der Waals surface area contributed by atoms with E-state index in [1.165, 1.54) is 0 Å². The highest BCUT2D eigenvalue weighted by molar-refractivity contribution is 5.84. The van der Waals surface area contributed by atoms with Crippen LogP contribution in [0, 0.1) is 17.8 Å². The van der Waals surface area contributed by atoms with Crippen LogP contribution in [-0.2, 0) is 9.59 Å². The first-order valence-corrected chi connectivity index (χ1v) is 6.39. The number of carboxylic acids is 1. The van der Waals surface area contributed by atoms with Gasteiger partial charge in [0.25, 0.3) is 0 Å². The summed E-state index contributed by atoms with van der Waals surface area (Å²) in [6.07, 6.45) is 2.07. The molecule has 0 bridgehead atoms. The molecule has 3 unspecified atom stereocenters. The van der Waals surface area contributed by atoms with Gasteiger partial charge in [0.1, 0.15) is 0 Å². The third-order valence-electron chi connectivity index (χ3n) is 3.88. The summed E-state index contributed by atoms with van der Waals surface area (Å²) < 4.78 is 0. The molecule has 1 fully saturated rings. The standard InChI is InChI=1S/C13H23NO3/c1-8(2)11-6-5-7-14(11)12(15)9(3)10(4)13(16)17/h8-11H,5-7H2,1-4H3,(H,16,17). The lowest BCUT2D eigenvalue weighted by Gasteiger charge is -2.31. The fraction of sp³-hybridized carbons (Fsp3) is 0.846. The number of hydrogen-bond acceptors (Lipinski definition) is 2. The number of hydrogen-bond donors (Lipinski definition) is 1. The van der Waals surface area contributed by atoms with Gasteiger partial charge in [-0.05, 0) is 18.8 Å². The predicted octanol–water partition coefficient (Wildman–Crippen LogP) is 1.99. The van der Waals surface area contributed by atoms with Crippen molar-refractivity contribution in [2.45, 2.75) is 46.6 Å². The van der Waals surface area contributed by atoms with E-state index in [4.69, 9.17) is 5.11 Å². The molecule has 0 saturated carbocycles. The molecular formula is C13H23NO3. The Morgan fingerprint density at radius 1 is 1.18 bits per heavy atom. The van der Waals surface area contributed by atoms with Crippen LogP contribution in [-0.4, -0.2) is 34.5 Å². The fourth-order valence-corrected chi connectivity index (χ4v) is 2.45. The molecule has 0 spiro atoms. The first-order valence-electron chi connectivity index (χ1n) is 6.39. The summed E-state index contributed by atoms with van der Waals surface area (Å²) in [6.45, 7) is 8.32. The summed E-state index contributed by atoms with van der Waals surface area (Å²) in [5.74, 6) is -1.52. The number of nitrogens with zero attached hydrogens (tertiary/aromatic N) is 1. The molecule has 0 aliphatic carbocycles. The molecule has 17 heavy (non-hydrogen) atoms. The lowest BCUT2D eigenvalue weighted by Crippen LogP contribution is -2.43. The van der Waals surface area contributed by atoms with Gasteiger partial charge < -0.3 is 10.0 Å². The zero-order valence-electron chi connectivity index (χ0n) is 11.1. The maximum Gasteiger partial charge on any atom is 0.307 e. The van der Waals surface area contributed by atoms with E-state index >= 15 is 0 Å². The summed E-state index contributed by atoms with van der Waals surface area (Å²) in [5.41, 5.74) is 0. The molecule has 1 aliphatic rings. The molecule has 4 nitrogen and oxygen atoms in total. The highest BCUT2D eigenvalue weighted by Crippen LogP contribution is 2.27. The lowest BCUT2D eigenvalue weighted by molar-refractivity contribution is -0.149. The van der Waals surface area contributed by atoms with Crippen molar-refractivity contribution in [2.24, 2.45) is 17.8 Å². The molecule has 0 radical (unpaired) electrons. The summed E-state index contributed by atoms with van der Waals surface area (Å²) >= 11 is 0. The van der Waals surface area contributed by atoms with Crippen molar-refractivity contribution >= 4 is 11.9 Å². The second kappa shape index (κ2) is 5.52. The highest BCUT2D eigenvalue weighted by Gasteiger charge is 2.36. The molecule has 1 rings (SSSR count). The van der Waals surface area contributed by atoms with Crippen molar-refractivity contribution in [1.82, 2.24) is 4.90 Å². The zero-order chi connectivity index (χ0) is 13.2. The molecule has 1 amide bonds. The Bertz CT molecular complexity index is 301. The number of likely N-dealkylation sites (tertiary alicyclic amines) is 1. The smallest absolute Gasteiger partial charge is 0.307 e. The van der Waals surface area contributed by atoms with Gasteiger partial charge in [-0.1, -0.05) is 27.7 Å². The SMILES string of the molecule is CC(C)C1CCCN1C(=O)C(C)C(C)C(=O)O. The van der Waals surface area contributed by atoms with Crippen LogP contribution in [0.25, 0.3) is 0 Å². The Kier molecular flexibility index (Phi) is 4.54. The molecule has 1 aliphatic heterocycles. The van der Waals surface area contributed by atoms with E-state index < -0.39 is 17.8 Å². The minimum absolute atomic E-state index is 0.00361. The van der Waals surface area contributed by atoms with Crippen LogP contribution >= 0.6 is 0 Å². The molecule has 0 aromatic rings. The lowest BCUT2D eigenvalue weighted by atomic mass is 9.93. The number of rotatable bonds is 4. The van der Waals surface area contributed by atoms with E-state index in [0.717, 1.165) is 19.4 Å². The number of carbonyl (C=O) groups excluding carboxylic acids is 1. The monoisotopic (exact) mass is 241 g/mol. The van der Waals surface area contributed by atoms with Gasteiger partial charge in [-0.3, -0.25) is 9.59 Å². The second-order valence-electron chi connectivity index (χ2n) is 5.40. The van der Waals surface area contributed by atoms with E-state index in [0.29, 0.717) is 5.92 Å². The van der Waals surface area contributed by atoms with Crippen molar-refractivity contribution in [3.8, 4) is 0 Å². The van der Waals surface area contributed by atoms with E-state index in [1.54, 1.807) is 13.8 Å². The number of amides is 1. The van der Waals surface area contributed by atoms with E-state index in [2.05, 4.69) is 13.8 Å². The van der Waals surface area contributed by atoms with E-state index in [-0.39, 0.29) is 11.9 Å². The number of carbonyl (C=O) groups is 2. The maximum absolute atomic E-state index is 12.3. The summed E-state index contributed by atoms with van der Waals surface area (Å²) in [7, 11) is 0. The Labute approximate surface area is 103 Å². The minimum Gasteiger partial charge on any atom is -0.481 e. The Hall–Kier alpha value is -1.06. The Balaban J connectivity index is 2.72. The van der Waals surface area contributed by atoms with Gasteiger partial charge in [-0.15, -0.1) is 0 Å². The second-order valence-corrected chi connectivity index (χ2v) is 5.40. The topological polar surface area (TPSA) is 57.6 Å². The average molecular weight is 241 g/mol. The van der Waals surface area contributed by atoms with E-state index in [9.17, 15) is 9.59 Å². The molecule has 1 heterocycles. The van der Waals surface area contributed by atoms with Crippen molar-refractivity contribution in [1.29, 1.82) is 0 Å². The third-order valence-corrected chi connectivity index (χ3v) is 3.88. The third kappa shape index (κ3) is 2.99. The average Bonchev–Trinajstić information content (AvgIpc) is 2.74. The predicted molar refractivity (Wildman–Crippen MR) is 65.5 cm³/mol.